The van der Waals surface area contributed by atoms with Crippen molar-refractivity contribution in [3.05, 3.63) is 0 Å². The van der Waals surface area contributed by atoms with Crippen LogP contribution in [0.4, 0.5) is 8.78 Å². The normalized spacial score (nSPS) is 18.0. The Labute approximate surface area is 129 Å². The quantitative estimate of drug-likeness (QED) is 0.530. The lowest BCUT2D eigenvalue weighted by Gasteiger charge is -2.38. The highest BCUT2D eigenvalue weighted by molar-refractivity contribution is 7.80. The zero-order valence-electron chi connectivity index (χ0n) is 12.3. The predicted octanol–water partition coefficient (Wildman–Crippen LogP) is 0.867. The van der Waals surface area contributed by atoms with Gasteiger partial charge in [0.05, 0.1) is 24.1 Å². The number of ether oxygens (including phenoxy) is 1. The predicted molar refractivity (Wildman–Crippen MR) is 80.5 cm³/mol. The van der Waals surface area contributed by atoms with Crippen LogP contribution in [0.25, 0.3) is 0 Å². The number of thiocarbonyl (C=S) groups is 1. The molecule has 122 valence electrons. The number of nitrogens with two attached hydrogens (primary N) is 1. The molecular weight excluding hydrogens is 300 g/mol. The zero-order valence-corrected chi connectivity index (χ0v) is 13.1. The summed E-state index contributed by atoms with van der Waals surface area (Å²) < 4.78 is 28.5. The van der Waals surface area contributed by atoms with Gasteiger partial charge in [0.25, 0.3) is 6.43 Å². The van der Waals surface area contributed by atoms with Crippen molar-refractivity contribution in [1.82, 2.24) is 9.80 Å². The molecule has 0 aromatic heterocycles. The van der Waals surface area contributed by atoms with E-state index in [-0.39, 0.29) is 25.0 Å². The van der Waals surface area contributed by atoms with Crippen LogP contribution in [0.2, 0.25) is 0 Å². The summed E-state index contributed by atoms with van der Waals surface area (Å²) in [6, 6.07) is 0.0756. The van der Waals surface area contributed by atoms with E-state index >= 15 is 0 Å². The minimum atomic E-state index is -2.49. The summed E-state index contributed by atoms with van der Waals surface area (Å²) in [7, 11) is 0. The standard InChI is InChI=1S/C13H23F2N3O2S/c1-2-10(13(16)21)17-4-6-18(7-5-17)12(19)3-8-20-9-11(14)15/h10-11H,2-9H2,1H3,(H2,16,21). The summed E-state index contributed by atoms with van der Waals surface area (Å²) in [4.78, 5) is 16.3. The highest BCUT2D eigenvalue weighted by atomic mass is 32.1. The maximum absolute atomic E-state index is 11.9. The van der Waals surface area contributed by atoms with Crippen molar-refractivity contribution in [1.29, 1.82) is 0 Å². The molecule has 1 aliphatic heterocycles. The van der Waals surface area contributed by atoms with E-state index in [2.05, 4.69) is 4.90 Å². The van der Waals surface area contributed by atoms with Crippen LogP contribution in [-0.4, -0.2) is 72.6 Å². The molecule has 1 rings (SSSR count). The smallest absolute Gasteiger partial charge is 0.261 e. The van der Waals surface area contributed by atoms with Gasteiger partial charge in [-0.15, -0.1) is 0 Å². The third kappa shape index (κ3) is 6.19. The lowest BCUT2D eigenvalue weighted by atomic mass is 10.1. The molecule has 8 heteroatoms. The topological polar surface area (TPSA) is 58.8 Å². The Balaban J connectivity index is 2.28. The molecule has 1 atom stereocenters. The largest absolute Gasteiger partial charge is 0.392 e. The molecule has 1 amide bonds. The van der Waals surface area contributed by atoms with Crippen molar-refractivity contribution < 1.29 is 18.3 Å². The Morgan fingerprint density at radius 3 is 2.43 bits per heavy atom. The SMILES string of the molecule is CCC(C(N)=S)N1CCN(C(=O)CCOCC(F)F)CC1. The molecule has 0 aromatic rings. The first-order valence-electron chi connectivity index (χ1n) is 7.12. The van der Waals surface area contributed by atoms with Crippen molar-refractivity contribution in [2.45, 2.75) is 32.2 Å². The monoisotopic (exact) mass is 323 g/mol. The maximum Gasteiger partial charge on any atom is 0.261 e. The second-order valence-corrected chi connectivity index (χ2v) is 5.43. The zero-order chi connectivity index (χ0) is 15.8. The fourth-order valence-corrected chi connectivity index (χ4v) is 2.73. The molecule has 0 aromatic carbocycles. The van der Waals surface area contributed by atoms with Gasteiger partial charge in [-0.05, 0) is 6.42 Å². The van der Waals surface area contributed by atoms with Gasteiger partial charge in [-0.1, -0.05) is 19.1 Å². The fourth-order valence-electron chi connectivity index (χ4n) is 2.41. The van der Waals surface area contributed by atoms with E-state index in [0.717, 1.165) is 19.5 Å². The Morgan fingerprint density at radius 2 is 1.95 bits per heavy atom. The maximum atomic E-state index is 11.9. The number of hydrogen-bond donors (Lipinski definition) is 1. The number of hydrogen-bond acceptors (Lipinski definition) is 4. The molecular formula is C13H23F2N3O2S. The van der Waals surface area contributed by atoms with Gasteiger partial charge in [0.2, 0.25) is 5.91 Å². The van der Waals surface area contributed by atoms with Gasteiger partial charge >= 0.3 is 0 Å². The first-order chi connectivity index (χ1) is 9.95. The van der Waals surface area contributed by atoms with E-state index in [1.807, 2.05) is 6.92 Å². The molecule has 0 saturated carbocycles. The summed E-state index contributed by atoms with van der Waals surface area (Å²) in [5, 5.41) is 0. The van der Waals surface area contributed by atoms with E-state index in [4.69, 9.17) is 22.7 Å². The van der Waals surface area contributed by atoms with Crippen LogP contribution in [-0.2, 0) is 9.53 Å². The highest BCUT2D eigenvalue weighted by Gasteiger charge is 2.26. The minimum Gasteiger partial charge on any atom is -0.392 e. The third-order valence-corrected chi connectivity index (χ3v) is 3.80. The van der Waals surface area contributed by atoms with E-state index in [1.165, 1.54) is 0 Å². The van der Waals surface area contributed by atoms with Gasteiger partial charge in [-0.3, -0.25) is 9.69 Å². The first-order valence-corrected chi connectivity index (χ1v) is 7.53. The Hall–Kier alpha value is -0.860. The number of carbonyl (C=O) groups is 1. The molecule has 0 aliphatic carbocycles. The first kappa shape index (κ1) is 18.2. The number of amides is 1. The summed E-state index contributed by atoms with van der Waals surface area (Å²) in [6.07, 6.45) is -1.50. The lowest BCUT2D eigenvalue weighted by Crippen LogP contribution is -2.54. The fraction of sp³-hybridized carbons (Fsp3) is 0.846. The van der Waals surface area contributed by atoms with Gasteiger partial charge in [0.1, 0.15) is 6.61 Å². The van der Waals surface area contributed by atoms with Gasteiger partial charge < -0.3 is 15.4 Å². The van der Waals surface area contributed by atoms with Crippen LogP contribution in [0.1, 0.15) is 19.8 Å². The number of nitrogens with zero attached hydrogens (tertiary/aromatic N) is 2. The molecule has 1 heterocycles. The number of halogens is 2. The van der Waals surface area contributed by atoms with Crippen molar-refractivity contribution in [3.8, 4) is 0 Å². The number of alkyl halides is 2. The Kier molecular flexibility index (Phi) is 7.98. The van der Waals surface area contributed by atoms with Crippen LogP contribution in [0.15, 0.2) is 0 Å². The Morgan fingerprint density at radius 1 is 1.33 bits per heavy atom. The molecule has 2 N–H and O–H groups in total. The van der Waals surface area contributed by atoms with Crippen molar-refractivity contribution in [3.63, 3.8) is 0 Å². The van der Waals surface area contributed by atoms with Crippen molar-refractivity contribution >= 4 is 23.1 Å². The van der Waals surface area contributed by atoms with E-state index < -0.39 is 13.0 Å². The number of piperazine rings is 1. The average Bonchev–Trinajstić information content (AvgIpc) is 2.44. The molecule has 0 bridgehead atoms. The van der Waals surface area contributed by atoms with Crippen LogP contribution < -0.4 is 5.73 Å². The Bertz CT molecular complexity index is 350. The molecule has 0 radical (unpaired) electrons. The number of carbonyl (C=O) groups excluding carboxylic acids is 1. The average molecular weight is 323 g/mol. The molecule has 1 fully saturated rings. The summed E-state index contributed by atoms with van der Waals surface area (Å²) in [5.41, 5.74) is 5.71. The highest BCUT2D eigenvalue weighted by Crippen LogP contribution is 2.11. The molecule has 0 spiro atoms. The van der Waals surface area contributed by atoms with E-state index in [0.29, 0.717) is 18.1 Å². The third-order valence-electron chi connectivity index (χ3n) is 3.53. The molecule has 5 nitrogen and oxygen atoms in total. The summed E-state index contributed by atoms with van der Waals surface area (Å²) in [5.74, 6) is -0.0627. The number of rotatable bonds is 8. The van der Waals surface area contributed by atoms with Crippen LogP contribution in [0.3, 0.4) is 0 Å². The molecule has 1 aliphatic rings. The van der Waals surface area contributed by atoms with E-state index in [1.54, 1.807) is 4.90 Å². The van der Waals surface area contributed by atoms with Gasteiger partial charge in [-0.25, -0.2) is 8.78 Å². The van der Waals surface area contributed by atoms with Crippen LogP contribution >= 0.6 is 12.2 Å². The van der Waals surface area contributed by atoms with Crippen LogP contribution in [0.5, 0.6) is 0 Å². The second-order valence-electron chi connectivity index (χ2n) is 4.96. The van der Waals surface area contributed by atoms with Gasteiger partial charge in [0, 0.05) is 26.2 Å². The van der Waals surface area contributed by atoms with Crippen LogP contribution in [0, 0.1) is 0 Å². The van der Waals surface area contributed by atoms with Gasteiger partial charge in [0.15, 0.2) is 0 Å². The van der Waals surface area contributed by atoms with Crippen molar-refractivity contribution in [2.24, 2.45) is 5.73 Å². The minimum absolute atomic E-state index is 0.0356. The molecule has 1 unspecified atom stereocenters. The van der Waals surface area contributed by atoms with Crippen molar-refractivity contribution in [2.75, 3.05) is 39.4 Å². The summed E-state index contributed by atoms with van der Waals surface area (Å²) in [6.45, 7) is 4.10. The van der Waals surface area contributed by atoms with E-state index in [9.17, 15) is 13.6 Å². The second kappa shape index (κ2) is 9.22. The molecule has 21 heavy (non-hydrogen) atoms. The lowest BCUT2D eigenvalue weighted by molar-refractivity contribution is -0.134. The molecule has 1 saturated heterocycles. The summed E-state index contributed by atoms with van der Waals surface area (Å²) >= 11 is 5.05. The van der Waals surface area contributed by atoms with Gasteiger partial charge in [-0.2, -0.15) is 0 Å².